The molecule has 0 unspecified atom stereocenters. The number of hydrogen-bond donors (Lipinski definition) is 0. The minimum Gasteiger partial charge on any atom is -0.373 e. The molecule has 2 heterocycles. The first kappa shape index (κ1) is 13.9. The van der Waals surface area contributed by atoms with Crippen LogP contribution in [0.2, 0.25) is 0 Å². The SMILES string of the molecule is Cn1nnc(Br)c1S(=O)(=O)N1CCOC(C)(C)C1. The maximum absolute atomic E-state index is 12.5. The molecule has 0 saturated carbocycles. The van der Waals surface area contributed by atoms with Crippen LogP contribution in [0.1, 0.15) is 13.8 Å². The Balaban J connectivity index is 2.38. The first-order chi connectivity index (χ1) is 8.24. The van der Waals surface area contributed by atoms with Crippen molar-refractivity contribution in [3.8, 4) is 0 Å². The highest BCUT2D eigenvalue weighted by atomic mass is 79.9. The van der Waals surface area contributed by atoms with E-state index < -0.39 is 15.6 Å². The normalized spacial score (nSPS) is 21.1. The number of sulfonamides is 1. The van der Waals surface area contributed by atoms with E-state index in [2.05, 4.69) is 26.2 Å². The zero-order valence-electron chi connectivity index (χ0n) is 10.4. The van der Waals surface area contributed by atoms with Gasteiger partial charge in [-0.15, -0.1) is 5.10 Å². The Bertz CT molecular complexity index is 535. The standard InChI is InChI=1S/C9H15BrN4O3S/c1-9(2)6-14(4-5-17-9)18(15,16)8-7(10)11-12-13(8)3/h4-6H2,1-3H3. The summed E-state index contributed by atoms with van der Waals surface area (Å²) in [6, 6.07) is 0. The summed E-state index contributed by atoms with van der Waals surface area (Å²) in [4.78, 5) is 0. The van der Waals surface area contributed by atoms with E-state index in [1.54, 1.807) is 7.05 Å². The van der Waals surface area contributed by atoms with Crippen molar-refractivity contribution >= 4 is 26.0 Å². The van der Waals surface area contributed by atoms with Gasteiger partial charge in [-0.3, -0.25) is 0 Å². The number of aryl methyl sites for hydroxylation is 1. The second-order valence-electron chi connectivity index (χ2n) is 4.76. The Morgan fingerprint density at radius 3 is 2.61 bits per heavy atom. The van der Waals surface area contributed by atoms with Crippen molar-refractivity contribution in [2.45, 2.75) is 24.5 Å². The smallest absolute Gasteiger partial charge is 0.263 e. The summed E-state index contributed by atoms with van der Waals surface area (Å²) >= 11 is 3.12. The predicted octanol–water partition coefficient (Wildman–Crippen LogP) is 0.377. The molecule has 1 aliphatic heterocycles. The fraction of sp³-hybridized carbons (Fsp3) is 0.778. The maximum atomic E-state index is 12.5. The van der Waals surface area contributed by atoms with Gasteiger partial charge < -0.3 is 4.74 Å². The van der Waals surface area contributed by atoms with Crippen molar-refractivity contribution in [2.75, 3.05) is 19.7 Å². The Kier molecular flexibility index (Phi) is 3.52. The van der Waals surface area contributed by atoms with Crippen molar-refractivity contribution in [1.29, 1.82) is 0 Å². The number of rotatable bonds is 2. The summed E-state index contributed by atoms with van der Waals surface area (Å²) in [5.74, 6) is 0. The number of ether oxygens (including phenoxy) is 1. The number of aromatic nitrogens is 3. The quantitative estimate of drug-likeness (QED) is 0.778. The van der Waals surface area contributed by atoms with Crippen LogP contribution < -0.4 is 0 Å². The number of hydrogen-bond acceptors (Lipinski definition) is 5. The van der Waals surface area contributed by atoms with Crippen LogP contribution in [0.25, 0.3) is 0 Å². The Morgan fingerprint density at radius 1 is 1.44 bits per heavy atom. The van der Waals surface area contributed by atoms with Crippen molar-refractivity contribution in [1.82, 2.24) is 19.3 Å². The van der Waals surface area contributed by atoms with Crippen LogP contribution >= 0.6 is 15.9 Å². The third-order valence-electron chi connectivity index (χ3n) is 2.71. The van der Waals surface area contributed by atoms with Gasteiger partial charge in [-0.05, 0) is 29.8 Å². The lowest BCUT2D eigenvalue weighted by Crippen LogP contribution is -2.50. The van der Waals surface area contributed by atoms with Crippen LogP contribution in [0.3, 0.4) is 0 Å². The average Bonchev–Trinajstić information content (AvgIpc) is 2.57. The van der Waals surface area contributed by atoms with Gasteiger partial charge in [0.2, 0.25) is 5.03 Å². The maximum Gasteiger partial charge on any atom is 0.263 e. The molecule has 1 saturated heterocycles. The van der Waals surface area contributed by atoms with Gasteiger partial charge in [-0.2, -0.15) is 4.31 Å². The first-order valence-electron chi connectivity index (χ1n) is 5.43. The molecule has 1 aromatic rings. The van der Waals surface area contributed by atoms with Gasteiger partial charge in [-0.25, -0.2) is 13.1 Å². The van der Waals surface area contributed by atoms with Crippen molar-refractivity contribution in [2.24, 2.45) is 7.05 Å². The zero-order chi connectivity index (χ0) is 13.6. The molecule has 1 fully saturated rings. The molecule has 0 N–H and O–H groups in total. The third kappa shape index (κ3) is 2.44. The fourth-order valence-corrected chi connectivity index (χ4v) is 4.50. The van der Waals surface area contributed by atoms with E-state index in [-0.39, 0.29) is 9.63 Å². The highest BCUT2D eigenvalue weighted by molar-refractivity contribution is 9.10. The van der Waals surface area contributed by atoms with E-state index in [0.29, 0.717) is 19.7 Å². The van der Waals surface area contributed by atoms with Crippen LogP contribution in [-0.2, 0) is 21.8 Å². The van der Waals surface area contributed by atoms with Crippen molar-refractivity contribution in [3.05, 3.63) is 4.60 Å². The highest BCUT2D eigenvalue weighted by Gasteiger charge is 2.37. The van der Waals surface area contributed by atoms with Crippen molar-refractivity contribution in [3.63, 3.8) is 0 Å². The van der Waals surface area contributed by atoms with Crippen LogP contribution in [0.4, 0.5) is 0 Å². The molecule has 0 bridgehead atoms. The molecule has 1 aliphatic rings. The van der Waals surface area contributed by atoms with Crippen LogP contribution in [0.15, 0.2) is 9.63 Å². The monoisotopic (exact) mass is 338 g/mol. The summed E-state index contributed by atoms with van der Waals surface area (Å²) in [5, 5.41) is 7.47. The molecular weight excluding hydrogens is 324 g/mol. The lowest BCUT2D eigenvalue weighted by Gasteiger charge is -2.37. The fourth-order valence-electron chi connectivity index (χ4n) is 1.90. The summed E-state index contributed by atoms with van der Waals surface area (Å²) in [6.07, 6.45) is 0. The Labute approximate surface area is 114 Å². The molecule has 7 nitrogen and oxygen atoms in total. The van der Waals surface area contributed by atoms with Gasteiger partial charge in [-0.1, -0.05) is 5.21 Å². The molecule has 0 spiro atoms. The number of halogens is 1. The molecule has 2 rings (SSSR count). The topological polar surface area (TPSA) is 77.3 Å². The highest BCUT2D eigenvalue weighted by Crippen LogP contribution is 2.26. The van der Waals surface area contributed by atoms with E-state index in [0.717, 1.165) is 0 Å². The number of morpholine rings is 1. The van der Waals surface area contributed by atoms with Crippen molar-refractivity contribution < 1.29 is 13.2 Å². The summed E-state index contributed by atoms with van der Waals surface area (Å²) in [7, 11) is -2.05. The van der Waals surface area contributed by atoms with Crippen LogP contribution in [-0.4, -0.2) is 53.0 Å². The molecule has 0 aromatic carbocycles. The molecule has 9 heteroatoms. The van der Waals surface area contributed by atoms with E-state index in [9.17, 15) is 8.42 Å². The van der Waals surface area contributed by atoms with E-state index in [1.165, 1.54) is 8.99 Å². The number of nitrogens with zero attached hydrogens (tertiary/aromatic N) is 4. The first-order valence-corrected chi connectivity index (χ1v) is 7.67. The largest absolute Gasteiger partial charge is 0.373 e. The summed E-state index contributed by atoms with van der Waals surface area (Å²) < 4.78 is 33.4. The molecule has 0 atom stereocenters. The van der Waals surface area contributed by atoms with Gasteiger partial charge in [0, 0.05) is 20.1 Å². The predicted molar refractivity (Wildman–Crippen MR) is 67.5 cm³/mol. The zero-order valence-corrected chi connectivity index (χ0v) is 12.8. The van der Waals surface area contributed by atoms with Gasteiger partial charge in [0.05, 0.1) is 12.2 Å². The molecule has 18 heavy (non-hydrogen) atoms. The van der Waals surface area contributed by atoms with Crippen LogP contribution in [0.5, 0.6) is 0 Å². The lowest BCUT2D eigenvalue weighted by atomic mass is 10.1. The lowest BCUT2D eigenvalue weighted by molar-refractivity contribution is -0.0641. The second-order valence-corrected chi connectivity index (χ2v) is 7.36. The second kappa shape index (κ2) is 4.55. The molecule has 0 aliphatic carbocycles. The Hall–Kier alpha value is -0.510. The van der Waals surface area contributed by atoms with E-state index in [1.807, 2.05) is 13.8 Å². The third-order valence-corrected chi connectivity index (χ3v) is 5.45. The van der Waals surface area contributed by atoms with E-state index >= 15 is 0 Å². The minimum absolute atomic E-state index is 0.0696. The summed E-state index contributed by atoms with van der Waals surface area (Å²) in [6.45, 7) is 4.77. The average molecular weight is 339 g/mol. The molecule has 102 valence electrons. The van der Waals surface area contributed by atoms with Gasteiger partial charge in [0.15, 0.2) is 4.60 Å². The molecule has 0 radical (unpaired) electrons. The van der Waals surface area contributed by atoms with Gasteiger partial charge in [0.1, 0.15) is 0 Å². The molecular formula is C9H15BrN4O3S. The molecule has 1 aromatic heterocycles. The minimum atomic E-state index is -3.61. The summed E-state index contributed by atoms with van der Waals surface area (Å²) in [5.41, 5.74) is -0.482. The van der Waals surface area contributed by atoms with Crippen LogP contribution in [0, 0.1) is 0 Å². The van der Waals surface area contributed by atoms with Gasteiger partial charge in [0.25, 0.3) is 10.0 Å². The van der Waals surface area contributed by atoms with E-state index in [4.69, 9.17) is 4.74 Å². The Morgan fingerprint density at radius 2 is 2.11 bits per heavy atom. The molecule has 0 amide bonds. The van der Waals surface area contributed by atoms with Gasteiger partial charge >= 0.3 is 0 Å².